The van der Waals surface area contributed by atoms with Crippen molar-refractivity contribution in [2.24, 2.45) is 5.73 Å². The number of halogens is 1. The number of benzene rings is 1. The molecule has 0 radical (unpaired) electrons. The number of anilines is 3. The maximum absolute atomic E-state index is 14.7. The first kappa shape index (κ1) is 25.6. The summed E-state index contributed by atoms with van der Waals surface area (Å²) in [7, 11) is 0. The lowest BCUT2D eigenvalue weighted by molar-refractivity contribution is 0.0919. The highest BCUT2D eigenvalue weighted by Gasteiger charge is 2.32. The number of hydrogen-bond acceptors (Lipinski definition) is 7. The van der Waals surface area contributed by atoms with Gasteiger partial charge in [-0.2, -0.15) is 5.10 Å². The van der Waals surface area contributed by atoms with Gasteiger partial charge >= 0.3 is 0 Å². The second-order valence-corrected chi connectivity index (χ2v) is 10.4. The summed E-state index contributed by atoms with van der Waals surface area (Å²) in [5.41, 5.74) is 7.24. The summed E-state index contributed by atoms with van der Waals surface area (Å²) >= 11 is 0. The van der Waals surface area contributed by atoms with Crippen LogP contribution in [0.1, 0.15) is 84.8 Å². The topological polar surface area (TPSA) is 131 Å². The van der Waals surface area contributed by atoms with Crippen LogP contribution in [0.2, 0.25) is 0 Å². The number of carbonyl (C=O) groups excluding carboxylic acids is 2. The van der Waals surface area contributed by atoms with E-state index in [1.165, 1.54) is 12.3 Å². The molecule has 0 bridgehead atoms. The summed E-state index contributed by atoms with van der Waals surface area (Å²) in [5, 5.41) is 10.4. The third-order valence-electron chi connectivity index (χ3n) is 7.27. The van der Waals surface area contributed by atoms with Gasteiger partial charge in [-0.25, -0.2) is 14.4 Å². The minimum absolute atomic E-state index is 0.0191. The van der Waals surface area contributed by atoms with Crippen LogP contribution in [0.5, 0.6) is 0 Å². The fraction of sp³-hybridized carbons (Fsp3) is 0.444. The van der Waals surface area contributed by atoms with E-state index < -0.39 is 17.6 Å². The van der Waals surface area contributed by atoms with Crippen molar-refractivity contribution >= 4 is 29.1 Å². The molecular formula is C27H33FN8O2. The van der Waals surface area contributed by atoms with Crippen molar-refractivity contribution in [1.82, 2.24) is 25.1 Å². The van der Waals surface area contributed by atoms with Crippen molar-refractivity contribution in [3.8, 4) is 0 Å². The summed E-state index contributed by atoms with van der Waals surface area (Å²) in [6.07, 6.45) is 8.66. The van der Waals surface area contributed by atoms with Crippen LogP contribution in [0, 0.1) is 5.82 Å². The number of hydrogen-bond donors (Lipinski definition) is 3. The number of nitrogens with two attached hydrogens (primary N) is 1. The number of amides is 2. The van der Waals surface area contributed by atoms with Gasteiger partial charge in [-0.05, 0) is 70.1 Å². The fourth-order valence-electron chi connectivity index (χ4n) is 4.90. The molecule has 5 rings (SSSR count). The average molecular weight is 521 g/mol. The second-order valence-electron chi connectivity index (χ2n) is 10.4. The lowest BCUT2D eigenvalue weighted by atomic mass is 9.96. The Balaban J connectivity index is 1.33. The largest absolute Gasteiger partial charge is 0.364 e. The van der Waals surface area contributed by atoms with Crippen molar-refractivity contribution in [1.29, 1.82) is 0 Å². The van der Waals surface area contributed by atoms with E-state index >= 15 is 0 Å². The van der Waals surface area contributed by atoms with E-state index in [1.54, 1.807) is 16.9 Å². The third-order valence-corrected chi connectivity index (χ3v) is 7.27. The summed E-state index contributed by atoms with van der Waals surface area (Å²) in [6.45, 7) is 6.70. The third kappa shape index (κ3) is 5.32. The highest BCUT2D eigenvalue weighted by Crippen LogP contribution is 2.40. The number of nitrogens with zero attached hydrogens (tertiary/aromatic N) is 5. The molecule has 1 saturated carbocycles. The summed E-state index contributed by atoms with van der Waals surface area (Å²) in [4.78, 5) is 36.0. The van der Waals surface area contributed by atoms with Gasteiger partial charge in [0.1, 0.15) is 11.6 Å². The maximum atomic E-state index is 14.7. The second kappa shape index (κ2) is 10.4. The molecule has 3 aromatic rings. The Morgan fingerprint density at radius 2 is 1.97 bits per heavy atom. The lowest BCUT2D eigenvalue weighted by Crippen LogP contribution is -2.54. The zero-order valence-corrected chi connectivity index (χ0v) is 21.8. The Labute approximate surface area is 220 Å². The van der Waals surface area contributed by atoms with Crippen molar-refractivity contribution in [3.05, 3.63) is 59.4 Å². The maximum Gasteiger partial charge on any atom is 0.271 e. The van der Waals surface area contributed by atoms with Crippen LogP contribution in [-0.2, 0) is 0 Å². The van der Waals surface area contributed by atoms with Crippen molar-refractivity contribution < 1.29 is 14.0 Å². The molecule has 1 saturated heterocycles. The first-order valence-electron chi connectivity index (χ1n) is 13.1. The van der Waals surface area contributed by atoms with Gasteiger partial charge in [0.05, 0.1) is 23.6 Å². The quantitative estimate of drug-likeness (QED) is 0.411. The van der Waals surface area contributed by atoms with Crippen LogP contribution in [0.15, 0.2) is 36.8 Å². The molecule has 2 aromatic heterocycles. The average Bonchev–Trinajstić information content (AvgIpc) is 3.63. The summed E-state index contributed by atoms with van der Waals surface area (Å²) in [6, 6.07) is 4.71. The molecule has 1 aliphatic heterocycles. The van der Waals surface area contributed by atoms with Crippen LogP contribution in [0.3, 0.4) is 0 Å². The number of piperidine rings is 1. The Morgan fingerprint density at radius 3 is 2.63 bits per heavy atom. The number of carbonyl (C=O) groups is 2. The zero-order chi connectivity index (χ0) is 27.0. The van der Waals surface area contributed by atoms with Gasteiger partial charge in [-0.3, -0.25) is 14.3 Å². The van der Waals surface area contributed by atoms with E-state index in [1.807, 2.05) is 37.9 Å². The number of nitrogens with one attached hydrogen (secondary N) is 2. The number of aromatic nitrogens is 4. The monoisotopic (exact) mass is 520 g/mol. The molecule has 3 heterocycles. The van der Waals surface area contributed by atoms with Gasteiger partial charge in [0, 0.05) is 30.9 Å². The summed E-state index contributed by atoms with van der Waals surface area (Å²) in [5.74, 6) is -0.426. The standard InChI is InChI=1S/C27H33FN8O2/c1-15(2)36-14-19(12-31-36)32-26-24(25(29)37)30-13-23(34-26)35-10-4-5-22(16(35)3)33-27(38)20-9-8-18(11-21(20)28)17-6-7-17/h8-9,11-17,22H,4-7,10H2,1-3H3,(H2,29,37)(H,32,34)(H,33,38)/t16-,22-/m1/s1. The van der Waals surface area contributed by atoms with Gasteiger partial charge < -0.3 is 21.3 Å². The van der Waals surface area contributed by atoms with Gasteiger partial charge in [0.25, 0.3) is 11.8 Å². The van der Waals surface area contributed by atoms with E-state index in [9.17, 15) is 14.0 Å². The Bertz CT molecular complexity index is 1350. The van der Waals surface area contributed by atoms with Crippen LogP contribution in [0.25, 0.3) is 0 Å². The molecule has 0 spiro atoms. The summed E-state index contributed by atoms with van der Waals surface area (Å²) < 4.78 is 16.5. The molecule has 1 aliphatic carbocycles. The Hall–Kier alpha value is -4.02. The van der Waals surface area contributed by atoms with Crippen LogP contribution in [0.4, 0.5) is 21.7 Å². The van der Waals surface area contributed by atoms with Crippen LogP contribution in [-0.4, -0.2) is 50.2 Å². The first-order chi connectivity index (χ1) is 18.2. The molecule has 0 unspecified atom stereocenters. The SMILES string of the molecule is CC(C)n1cc(Nc2nc(N3CCC[C@@H](NC(=O)c4ccc(C5CC5)cc4F)[C@H]3C)cnc2C(N)=O)cn1. The van der Waals surface area contributed by atoms with Gasteiger partial charge in [-0.15, -0.1) is 0 Å². The van der Waals surface area contributed by atoms with Crippen molar-refractivity contribution in [2.45, 2.75) is 70.5 Å². The molecule has 200 valence electrons. The smallest absolute Gasteiger partial charge is 0.271 e. The molecular weight excluding hydrogens is 487 g/mol. The lowest BCUT2D eigenvalue weighted by Gasteiger charge is -2.40. The number of rotatable bonds is 8. The minimum Gasteiger partial charge on any atom is -0.364 e. The van der Waals surface area contributed by atoms with Gasteiger partial charge in [0.2, 0.25) is 0 Å². The molecule has 10 nitrogen and oxygen atoms in total. The normalized spacial score (nSPS) is 19.4. The van der Waals surface area contributed by atoms with E-state index in [0.717, 1.165) is 31.2 Å². The fourth-order valence-corrected chi connectivity index (χ4v) is 4.90. The molecule has 11 heteroatoms. The predicted octanol–water partition coefficient (Wildman–Crippen LogP) is 3.90. The van der Waals surface area contributed by atoms with Crippen LogP contribution >= 0.6 is 0 Å². The Kier molecular flexibility index (Phi) is 7.00. The first-order valence-corrected chi connectivity index (χ1v) is 13.1. The van der Waals surface area contributed by atoms with E-state index in [4.69, 9.17) is 5.73 Å². The van der Waals surface area contributed by atoms with E-state index in [2.05, 4.69) is 25.7 Å². The van der Waals surface area contributed by atoms with Crippen LogP contribution < -0.4 is 21.3 Å². The predicted molar refractivity (Wildman–Crippen MR) is 142 cm³/mol. The minimum atomic E-state index is -0.700. The zero-order valence-electron chi connectivity index (χ0n) is 21.8. The molecule has 2 amide bonds. The molecule has 2 fully saturated rings. The molecule has 2 aliphatic rings. The van der Waals surface area contributed by atoms with Crippen molar-refractivity contribution in [2.75, 3.05) is 16.8 Å². The van der Waals surface area contributed by atoms with E-state index in [0.29, 0.717) is 24.0 Å². The van der Waals surface area contributed by atoms with E-state index in [-0.39, 0.29) is 35.2 Å². The molecule has 2 atom stereocenters. The number of primary amides is 1. The van der Waals surface area contributed by atoms with Crippen molar-refractivity contribution in [3.63, 3.8) is 0 Å². The van der Waals surface area contributed by atoms with Gasteiger partial charge in [0.15, 0.2) is 11.5 Å². The highest BCUT2D eigenvalue weighted by molar-refractivity contribution is 5.96. The highest BCUT2D eigenvalue weighted by atomic mass is 19.1. The molecule has 1 aromatic carbocycles. The Morgan fingerprint density at radius 1 is 1.18 bits per heavy atom. The molecule has 4 N–H and O–H groups in total. The molecule has 38 heavy (non-hydrogen) atoms. The van der Waals surface area contributed by atoms with Gasteiger partial charge in [-0.1, -0.05) is 6.07 Å².